The molecule has 0 aliphatic heterocycles. The second-order valence-electron chi connectivity index (χ2n) is 5.16. The number of hydrogen-bond donors (Lipinski definition) is 3. The van der Waals surface area contributed by atoms with Crippen molar-refractivity contribution in [2.45, 2.75) is 6.92 Å². The Labute approximate surface area is 142 Å². The van der Waals surface area contributed by atoms with Crippen molar-refractivity contribution < 1.29 is 19.6 Å². The maximum absolute atomic E-state index is 12.1. The highest BCUT2D eigenvalue weighted by atomic mass is 16.6. The number of nitrogens with zero attached hydrogens (tertiary/aromatic N) is 1. The first-order chi connectivity index (χ1) is 11.8. The molecular weight excluding hydrogens is 326 g/mol. The molecule has 8 heteroatoms. The van der Waals surface area contributed by atoms with Crippen LogP contribution < -0.4 is 10.5 Å². The smallest absolute Gasteiger partial charge is 0.339 e. The number of phenolic OH excluding ortho intramolecular Hbond substituents is 1. The van der Waals surface area contributed by atoms with E-state index in [1.54, 1.807) is 0 Å². The van der Waals surface area contributed by atoms with E-state index in [0.29, 0.717) is 5.56 Å². The van der Waals surface area contributed by atoms with Crippen molar-refractivity contribution in [2.75, 3.05) is 0 Å². The number of carbonyl (C=O) groups is 1. The molecule has 0 aliphatic rings. The van der Waals surface area contributed by atoms with Crippen LogP contribution in [-0.2, 0) is 4.79 Å². The van der Waals surface area contributed by atoms with E-state index in [-0.39, 0.29) is 34.2 Å². The summed E-state index contributed by atoms with van der Waals surface area (Å²) in [4.78, 5) is 22.3. The maximum atomic E-state index is 12.1. The van der Waals surface area contributed by atoms with E-state index in [0.717, 1.165) is 12.1 Å². The molecule has 8 nitrogen and oxygen atoms in total. The lowest BCUT2D eigenvalue weighted by atomic mass is 10.1. The number of hydrogen-bond acceptors (Lipinski definition) is 6. The summed E-state index contributed by atoms with van der Waals surface area (Å²) in [6.07, 6.45) is 1.30. The van der Waals surface area contributed by atoms with Crippen LogP contribution in [0.25, 0.3) is 6.08 Å². The van der Waals surface area contributed by atoms with Gasteiger partial charge in [-0.1, -0.05) is 0 Å². The average molecular weight is 341 g/mol. The molecular formula is C17H15N3O5. The third-order valence-corrected chi connectivity index (χ3v) is 3.29. The van der Waals surface area contributed by atoms with Gasteiger partial charge in [-0.25, -0.2) is 4.79 Å². The van der Waals surface area contributed by atoms with E-state index in [9.17, 15) is 20.0 Å². The van der Waals surface area contributed by atoms with Gasteiger partial charge in [-0.3, -0.25) is 15.5 Å². The number of nitrogens with two attached hydrogens (primary N) is 1. The van der Waals surface area contributed by atoms with Gasteiger partial charge in [-0.15, -0.1) is 0 Å². The zero-order valence-corrected chi connectivity index (χ0v) is 13.2. The van der Waals surface area contributed by atoms with E-state index in [1.807, 2.05) is 0 Å². The first-order valence-corrected chi connectivity index (χ1v) is 7.10. The van der Waals surface area contributed by atoms with Gasteiger partial charge < -0.3 is 15.6 Å². The monoisotopic (exact) mass is 341 g/mol. The fourth-order valence-electron chi connectivity index (χ4n) is 1.95. The minimum atomic E-state index is -0.679. The lowest BCUT2D eigenvalue weighted by Crippen LogP contribution is -2.12. The number of nitrogen functional groups attached to an aromatic ring is 1. The number of phenols is 1. The molecule has 2 rings (SSSR count). The summed E-state index contributed by atoms with van der Waals surface area (Å²) in [5, 5.41) is 27.9. The molecule has 0 aliphatic carbocycles. The fourth-order valence-corrected chi connectivity index (χ4v) is 1.95. The molecule has 0 fully saturated rings. The molecule has 0 spiro atoms. The largest absolute Gasteiger partial charge is 0.507 e. The highest BCUT2D eigenvalue weighted by molar-refractivity contribution is 5.96. The number of esters is 1. The molecule has 128 valence electrons. The van der Waals surface area contributed by atoms with Crippen molar-refractivity contribution in [3.05, 3.63) is 69.3 Å². The minimum absolute atomic E-state index is 0.102. The Morgan fingerprint density at radius 1 is 1.28 bits per heavy atom. The van der Waals surface area contributed by atoms with Crippen LogP contribution in [-0.4, -0.2) is 21.8 Å². The minimum Gasteiger partial charge on any atom is -0.507 e. The number of non-ortho nitro benzene ring substituents is 1. The van der Waals surface area contributed by atoms with Crippen molar-refractivity contribution in [3.63, 3.8) is 0 Å². The van der Waals surface area contributed by atoms with E-state index in [4.69, 9.17) is 15.9 Å². The summed E-state index contributed by atoms with van der Waals surface area (Å²) in [5.41, 5.74) is 5.91. The molecule has 0 saturated heterocycles. The Balaban J connectivity index is 2.19. The van der Waals surface area contributed by atoms with Gasteiger partial charge in [0.05, 0.1) is 4.92 Å². The summed E-state index contributed by atoms with van der Waals surface area (Å²) < 4.78 is 5.17. The van der Waals surface area contributed by atoms with E-state index in [1.165, 1.54) is 43.3 Å². The van der Waals surface area contributed by atoms with Crippen molar-refractivity contribution in [1.82, 2.24) is 0 Å². The Morgan fingerprint density at radius 3 is 2.48 bits per heavy atom. The molecule has 0 atom stereocenters. The first-order valence-electron chi connectivity index (χ1n) is 7.10. The number of nitrogens with one attached hydrogen (secondary N) is 1. The molecule has 25 heavy (non-hydrogen) atoms. The van der Waals surface area contributed by atoms with Crippen LogP contribution in [0, 0.1) is 15.5 Å². The molecule has 0 saturated carbocycles. The van der Waals surface area contributed by atoms with Crippen LogP contribution in [0.5, 0.6) is 11.5 Å². The number of rotatable bonds is 5. The molecule has 0 aromatic heterocycles. The Kier molecular flexibility index (Phi) is 5.13. The number of nitro benzene ring substituents is 1. The summed E-state index contributed by atoms with van der Waals surface area (Å²) in [5.74, 6) is -0.717. The van der Waals surface area contributed by atoms with E-state index < -0.39 is 10.9 Å². The predicted molar refractivity (Wildman–Crippen MR) is 91.5 cm³/mol. The van der Waals surface area contributed by atoms with Gasteiger partial charge in [0, 0.05) is 28.8 Å². The van der Waals surface area contributed by atoms with Crippen LogP contribution in [0.4, 0.5) is 5.69 Å². The Hall–Kier alpha value is -3.68. The number of ether oxygens (including phenoxy) is 1. The van der Waals surface area contributed by atoms with Gasteiger partial charge in [-0.2, -0.15) is 0 Å². The third-order valence-electron chi connectivity index (χ3n) is 3.29. The van der Waals surface area contributed by atoms with Crippen molar-refractivity contribution in [2.24, 2.45) is 5.73 Å². The summed E-state index contributed by atoms with van der Waals surface area (Å²) in [6.45, 7) is 1.46. The van der Waals surface area contributed by atoms with E-state index in [2.05, 4.69) is 0 Å². The van der Waals surface area contributed by atoms with Crippen LogP contribution in [0.1, 0.15) is 18.1 Å². The summed E-state index contributed by atoms with van der Waals surface area (Å²) in [6, 6.07) is 9.57. The standard InChI is InChI=1S/C17H15N3O5/c1-10(8-12-9-13(20(23)24)4-7-15(12)21)17(22)25-14-5-2-11(3-6-14)16(18)19/h2-9,21H,1H3,(H3,18,19). The molecule has 0 unspecified atom stereocenters. The number of nitro groups is 1. The molecule has 2 aromatic rings. The van der Waals surface area contributed by atoms with Crippen LogP contribution in [0.15, 0.2) is 48.0 Å². The van der Waals surface area contributed by atoms with Gasteiger partial charge in [-0.05, 0) is 43.3 Å². The molecule has 0 heterocycles. The third kappa shape index (κ3) is 4.41. The fraction of sp³-hybridized carbons (Fsp3) is 0.0588. The number of amidine groups is 1. The van der Waals surface area contributed by atoms with Crippen LogP contribution in [0.2, 0.25) is 0 Å². The molecule has 2 aromatic carbocycles. The van der Waals surface area contributed by atoms with Crippen molar-refractivity contribution in [3.8, 4) is 11.5 Å². The zero-order valence-electron chi connectivity index (χ0n) is 13.2. The molecule has 0 amide bonds. The highest BCUT2D eigenvalue weighted by Crippen LogP contribution is 2.25. The van der Waals surface area contributed by atoms with Gasteiger partial charge in [0.1, 0.15) is 17.3 Å². The topological polar surface area (TPSA) is 140 Å². The summed E-state index contributed by atoms with van der Waals surface area (Å²) in [7, 11) is 0. The average Bonchev–Trinajstić information content (AvgIpc) is 2.57. The molecule has 0 bridgehead atoms. The quantitative estimate of drug-likeness (QED) is 0.145. The lowest BCUT2D eigenvalue weighted by molar-refractivity contribution is -0.384. The van der Waals surface area contributed by atoms with Gasteiger partial charge in [0.25, 0.3) is 5.69 Å². The second-order valence-corrected chi connectivity index (χ2v) is 5.16. The molecule has 4 N–H and O–H groups in total. The van der Waals surface area contributed by atoms with E-state index >= 15 is 0 Å². The van der Waals surface area contributed by atoms with Gasteiger partial charge >= 0.3 is 5.97 Å². The predicted octanol–water partition coefficient (Wildman–Crippen LogP) is 2.59. The van der Waals surface area contributed by atoms with Crippen LogP contribution >= 0.6 is 0 Å². The summed E-state index contributed by atoms with van der Waals surface area (Å²) >= 11 is 0. The zero-order chi connectivity index (χ0) is 18.6. The maximum Gasteiger partial charge on any atom is 0.339 e. The number of benzene rings is 2. The van der Waals surface area contributed by atoms with Crippen molar-refractivity contribution >= 4 is 23.6 Å². The highest BCUT2D eigenvalue weighted by Gasteiger charge is 2.12. The number of carbonyl (C=O) groups excluding carboxylic acids is 1. The molecule has 0 radical (unpaired) electrons. The Morgan fingerprint density at radius 2 is 1.92 bits per heavy atom. The van der Waals surface area contributed by atoms with Crippen LogP contribution in [0.3, 0.4) is 0 Å². The second kappa shape index (κ2) is 7.26. The number of aromatic hydroxyl groups is 1. The normalized spacial score (nSPS) is 11.0. The van der Waals surface area contributed by atoms with Gasteiger partial charge in [0.15, 0.2) is 0 Å². The van der Waals surface area contributed by atoms with Gasteiger partial charge in [0.2, 0.25) is 0 Å². The SMILES string of the molecule is CC(=Cc1cc([N+](=O)[O-])ccc1O)C(=O)Oc1ccc(C(=N)N)cc1. The van der Waals surface area contributed by atoms with Crippen molar-refractivity contribution in [1.29, 1.82) is 5.41 Å². The lowest BCUT2D eigenvalue weighted by Gasteiger charge is -2.06. The first kappa shape index (κ1) is 17.7. The Bertz CT molecular complexity index is 872.